The molecular weight excluding hydrogens is 440 g/mol. The number of nitrogens with zero attached hydrogens (tertiary/aromatic N) is 3. The number of rotatable bonds is 4. The molecule has 8 heteroatoms. The third kappa shape index (κ3) is 5.09. The van der Waals surface area contributed by atoms with Gasteiger partial charge in [0.15, 0.2) is 0 Å². The summed E-state index contributed by atoms with van der Waals surface area (Å²) in [6, 6.07) is 10.7. The van der Waals surface area contributed by atoms with Gasteiger partial charge in [0, 0.05) is 61.6 Å². The van der Waals surface area contributed by atoms with Crippen molar-refractivity contribution in [3.63, 3.8) is 0 Å². The maximum Gasteiger partial charge on any atom is 0.262 e. The van der Waals surface area contributed by atoms with E-state index in [0.717, 1.165) is 50.3 Å². The lowest BCUT2D eigenvalue weighted by atomic mass is 9.90. The number of carbonyl (C=O) groups excluding carboxylic acids is 2. The summed E-state index contributed by atoms with van der Waals surface area (Å²) in [5.74, 6) is 0.471. The average Bonchev–Trinajstić information content (AvgIpc) is 2.98. The van der Waals surface area contributed by atoms with Crippen molar-refractivity contribution in [3.8, 4) is 5.75 Å². The summed E-state index contributed by atoms with van der Waals surface area (Å²) in [7, 11) is 3.61. The Balaban J connectivity index is 1.62. The van der Waals surface area contributed by atoms with Crippen molar-refractivity contribution >= 4 is 34.8 Å². The quantitative estimate of drug-likeness (QED) is 0.690. The summed E-state index contributed by atoms with van der Waals surface area (Å²) in [5, 5.41) is 0.602. The number of carbonyl (C=O) groups is 2. The smallest absolute Gasteiger partial charge is 0.262 e. The van der Waals surface area contributed by atoms with E-state index >= 15 is 0 Å². The Hall–Kier alpha value is -2.77. The molecule has 1 unspecified atom stereocenters. The zero-order valence-electron chi connectivity index (χ0n) is 19.2. The van der Waals surface area contributed by atoms with Crippen LogP contribution in [0.4, 0.5) is 11.4 Å². The summed E-state index contributed by atoms with van der Waals surface area (Å²) in [6.45, 7) is 3.85. The molecule has 7 nitrogen and oxygen atoms in total. The normalized spacial score (nSPS) is 19.1. The fourth-order valence-electron chi connectivity index (χ4n) is 4.72. The summed E-state index contributed by atoms with van der Waals surface area (Å²) >= 11 is 6.37. The number of piperazine rings is 1. The molecule has 0 saturated carbocycles. The molecule has 1 saturated heterocycles. The zero-order chi connectivity index (χ0) is 23.5. The highest BCUT2D eigenvalue weighted by atomic mass is 35.5. The van der Waals surface area contributed by atoms with Crippen molar-refractivity contribution in [2.45, 2.75) is 25.2 Å². The highest BCUT2D eigenvalue weighted by Gasteiger charge is 2.31. The third-order valence-corrected chi connectivity index (χ3v) is 6.87. The number of ether oxygens (including phenoxy) is 1. The molecule has 2 N–H and O–H groups in total. The predicted molar refractivity (Wildman–Crippen MR) is 131 cm³/mol. The van der Waals surface area contributed by atoms with Crippen molar-refractivity contribution in [2.24, 2.45) is 0 Å². The fraction of sp³-hybridized carbons (Fsp3) is 0.440. The van der Waals surface area contributed by atoms with Gasteiger partial charge in [0.2, 0.25) is 5.91 Å². The van der Waals surface area contributed by atoms with Crippen molar-refractivity contribution in [2.75, 3.05) is 57.5 Å². The maximum absolute atomic E-state index is 13.6. The first-order valence-electron chi connectivity index (χ1n) is 11.4. The van der Waals surface area contributed by atoms with Crippen LogP contribution in [-0.4, -0.2) is 68.5 Å². The lowest BCUT2D eigenvalue weighted by molar-refractivity contribution is -0.133. The highest BCUT2D eigenvalue weighted by molar-refractivity contribution is 6.30. The molecule has 0 radical (unpaired) electrons. The van der Waals surface area contributed by atoms with E-state index in [0.29, 0.717) is 35.0 Å². The predicted octanol–water partition coefficient (Wildman–Crippen LogP) is 3.62. The Morgan fingerprint density at radius 1 is 1.09 bits per heavy atom. The molecule has 1 fully saturated rings. The van der Waals surface area contributed by atoms with Gasteiger partial charge in [-0.1, -0.05) is 11.6 Å². The molecule has 2 aliphatic rings. The molecule has 2 heterocycles. The number of amides is 2. The lowest BCUT2D eigenvalue weighted by Gasteiger charge is -2.33. The lowest BCUT2D eigenvalue weighted by Crippen LogP contribution is -2.47. The Kier molecular flexibility index (Phi) is 7.10. The molecule has 33 heavy (non-hydrogen) atoms. The van der Waals surface area contributed by atoms with Crippen molar-refractivity contribution in [1.82, 2.24) is 9.80 Å². The molecule has 0 aliphatic carbocycles. The van der Waals surface area contributed by atoms with E-state index in [2.05, 4.69) is 11.9 Å². The van der Waals surface area contributed by atoms with Crippen LogP contribution in [0.1, 0.15) is 41.1 Å². The van der Waals surface area contributed by atoms with Gasteiger partial charge >= 0.3 is 0 Å². The number of halogens is 1. The number of hydrogen-bond acceptors (Lipinski definition) is 5. The zero-order valence-corrected chi connectivity index (χ0v) is 20.0. The van der Waals surface area contributed by atoms with E-state index in [-0.39, 0.29) is 17.7 Å². The molecule has 2 aromatic carbocycles. The van der Waals surface area contributed by atoms with Gasteiger partial charge in [-0.25, -0.2) is 0 Å². The maximum atomic E-state index is 13.6. The Labute approximate surface area is 200 Å². The third-order valence-electron chi connectivity index (χ3n) is 6.63. The van der Waals surface area contributed by atoms with E-state index in [9.17, 15) is 9.59 Å². The highest BCUT2D eigenvalue weighted by Crippen LogP contribution is 2.39. The topological polar surface area (TPSA) is 79.1 Å². The van der Waals surface area contributed by atoms with Gasteiger partial charge in [0.25, 0.3) is 5.91 Å². The summed E-state index contributed by atoms with van der Waals surface area (Å²) in [5.41, 5.74) is 8.62. The molecule has 0 spiro atoms. The van der Waals surface area contributed by atoms with Crippen LogP contribution in [-0.2, 0) is 4.79 Å². The number of nitrogen functional groups attached to an aromatic ring is 1. The van der Waals surface area contributed by atoms with Crippen LogP contribution in [0.25, 0.3) is 0 Å². The van der Waals surface area contributed by atoms with Gasteiger partial charge in [-0.3, -0.25) is 9.59 Å². The Bertz CT molecular complexity index is 1040. The first-order chi connectivity index (χ1) is 15.9. The molecule has 0 aromatic heterocycles. The van der Waals surface area contributed by atoms with E-state index in [1.807, 2.05) is 17.0 Å². The number of benzene rings is 2. The first-order valence-corrected chi connectivity index (χ1v) is 11.8. The van der Waals surface area contributed by atoms with Gasteiger partial charge in [-0.15, -0.1) is 0 Å². The number of nitrogens with two attached hydrogens (primary N) is 1. The van der Waals surface area contributed by atoms with Crippen LogP contribution in [0.2, 0.25) is 5.02 Å². The number of methoxy groups -OCH3 is 1. The Morgan fingerprint density at radius 2 is 1.85 bits per heavy atom. The van der Waals surface area contributed by atoms with Gasteiger partial charge in [0.05, 0.1) is 12.7 Å². The molecule has 4 rings (SSSR count). The van der Waals surface area contributed by atoms with E-state index in [4.69, 9.17) is 22.1 Å². The van der Waals surface area contributed by atoms with Crippen LogP contribution >= 0.6 is 11.6 Å². The summed E-state index contributed by atoms with van der Waals surface area (Å²) < 4.78 is 5.42. The van der Waals surface area contributed by atoms with Crippen LogP contribution in [0, 0.1) is 0 Å². The molecule has 176 valence electrons. The molecule has 0 bridgehead atoms. The van der Waals surface area contributed by atoms with Gasteiger partial charge in [-0.2, -0.15) is 0 Å². The van der Waals surface area contributed by atoms with Crippen molar-refractivity contribution < 1.29 is 14.3 Å². The average molecular weight is 471 g/mol. The molecular formula is C25H31ClN4O3. The van der Waals surface area contributed by atoms with E-state index in [1.54, 1.807) is 29.2 Å². The minimum atomic E-state index is -0.151. The largest absolute Gasteiger partial charge is 0.496 e. The number of anilines is 2. The van der Waals surface area contributed by atoms with Crippen molar-refractivity contribution in [1.29, 1.82) is 0 Å². The molecule has 1 atom stereocenters. The van der Waals surface area contributed by atoms with Crippen molar-refractivity contribution in [3.05, 3.63) is 52.5 Å². The molecule has 2 aromatic rings. The van der Waals surface area contributed by atoms with Gasteiger partial charge < -0.3 is 25.2 Å². The van der Waals surface area contributed by atoms with E-state index in [1.165, 1.54) is 7.11 Å². The SMILES string of the molecule is COc1cc(N)ccc1C(=O)N1CCCC(CC(=O)N2CCN(C)CC2)c2cc(Cl)ccc21. The minimum Gasteiger partial charge on any atom is -0.496 e. The second-order valence-corrected chi connectivity index (χ2v) is 9.28. The van der Waals surface area contributed by atoms with Crippen LogP contribution in [0.15, 0.2) is 36.4 Å². The second kappa shape index (κ2) is 10.0. The van der Waals surface area contributed by atoms with Crippen LogP contribution in [0.3, 0.4) is 0 Å². The minimum absolute atomic E-state index is 0.0111. The fourth-order valence-corrected chi connectivity index (χ4v) is 4.90. The monoisotopic (exact) mass is 470 g/mol. The number of likely N-dealkylation sites (N-methyl/N-ethyl adjacent to an activating group) is 1. The van der Waals surface area contributed by atoms with Crippen LogP contribution in [0.5, 0.6) is 5.75 Å². The molecule has 2 aliphatic heterocycles. The van der Waals surface area contributed by atoms with Gasteiger partial charge in [0.1, 0.15) is 5.75 Å². The second-order valence-electron chi connectivity index (χ2n) is 8.85. The van der Waals surface area contributed by atoms with Gasteiger partial charge in [-0.05, 0) is 61.7 Å². The first kappa shape index (κ1) is 23.4. The standard InChI is InChI=1S/C25H31ClN4O3/c1-28-10-12-29(13-11-28)24(31)14-17-4-3-9-30(22-8-5-18(26)15-21(17)22)25(32)20-7-6-19(27)16-23(20)33-2/h5-8,15-17H,3-4,9-14,27H2,1-2H3. The van der Waals surface area contributed by atoms with Crippen LogP contribution < -0.4 is 15.4 Å². The van der Waals surface area contributed by atoms with E-state index < -0.39 is 0 Å². The Morgan fingerprint density at radius 3 is 2.58 bits per heavy atom. The summed E-state index contributed by atoms with van der Waals surface area (Å²) in [4.78, 5) is 32.7. The molecule has 2 amide bonds. The summed E-state index contributed by atoms with van der Waals surface area (Å²) in [6.07, 6.45) is 2.02. The number of hydrogen-bond donors (Lipinski definition) is 1. The number of fused-ring (bicyclic) bond motifs is 1.